The molecule has 6 heteroatoms. The maximum Gasteiger partial charge on any atom is 0.258 e. The Labute approximate surface area is 171 Å². The van der Waals surface area contributed by atoms with E-state index < -0.39 is 0 Å². The minimum atomic E-state index is -0.120. The molecule has 6 nitrogen and oxygen atoms in total. The number of aromatic nitrogens is 1. The van der Waals surface area contributed by atoms with Gasteiger partial charge in [-0.3, -0.25) is 9.69 Å². The quantitative estimate of drug-likeness (QED) is 0.671. The van der Waals surface area contributed by atoms with Crippen LogP contribution in [0.4, 0.5) is 0 Å². The average molecular weight is 393 g/mol. The first-order chi connectivity index (χ1) is 14.2. The van der Waals surface area contributed by atoms with E-state index in [4.69, 9.17) is 9.47 Å². The van der Waals surface area contributed by atoms with Gasteiger partial charge in [-0.05, 0) is 35.0 Å². The van der Waals surface area contributed by atoms with Gasteiger partial charge in [0.15, 0.2) is 6.61 Å². The Bertz CT molecular complexity index is 963. The third-order valence-electron chi connectivity index (χ3n) is 5.40. The predicted octanol–water partition coefficient (Wildman–Crippen LogP) is 2.75. The fourth-order valence-corrected chi connectivity index (χ4v) is 3.80. The van der Waals surface area contributed by atoms with Gasteiger partial charge in [-0.2, -0.15) is 0 Å². The van der Waals surface area contributed by atoms with Gasteiger partial charge in [0, 0.05) is 38.6 Å². The number of fused-ring (bicyclic) bond motifs is 1. The number of ether oxygens (including phenoxy) is 2. The number of benzene rings is 2. The summed E-state index contributed by atoms with van der Waals surface area (Å²) in [6.45, 7) is 3.71. The van der Waals surface area contributed by atoms with Gasteiger partial charge in [-0.15, -0.1) is 0 Å². The highest BCUT2D eigenvalue weighted by Crippen LogP contribution is 2.22. The Hall–Kier alpha value is -2.83. The number of morpholine rings is 1. The van der Waals surface area contributed by atoms with E-state index in [9.17, 15) is 4.79 Å². The zero-order chi connectivity index (χ0) is 20.1. The first kappa shape index (κ1) is 19.5. The lowest BCUT2D eigenvalue weighted by Gasteiger charge is -2.34. The molecule has 152 valence electrons. The Morgan fingerprint density at radius 1 is 1.10 bits per heavy atom. The van der Waals surface area contributed by atoms with E-state index in [2.05, 4.69) is 26.9 Å². The second-order valence-electron chi connectivity index (χ2n) is 7.31. The van der Waals surface area contributed by atoms with Gasteiger partial charge < -0.3 is 19.4 Å². The van der Waals surface area contributed by atoms with Crippen molar-refractivity contribution in [1.29, 1.82) is 0 Å². The molecule has 1 aromatic heterocycles. The summed E-state index contributed by atoms with van der Waals surface area (Å²) >= 11 is 0. The molecule has 2 aromatic carbocycles. The van der Waals surface area contributed by atoms with E-state index in [1.165, 1.54) is 5.69 Å². The number of hydrogen-bond donors (Lipinski definition) is 1. The van der Waals surface area contributed by atoms with Crippen LogP contribution in [0.15, 0.2) is 60.8 Å². The first-order valence-electron chi connectivity index (χ1n) is 10.0. The van der Waals surface area contributed by atoms with Crippen LogP contribution >= 0.6 is 0 Å². The van der Waals surface area contributed by atoms with Gasteiger partial charge >= 0.3 is 0 Å². The van der Waals surface area contributed by atoms with Gasteiger partial charge in [0.2, 0.25) is 0 Å². The standard InChI is InChI=1S/C23H27N3O3/c1-25-10-4-7-21(25)22(26-11-13-28-14-12-26)16-24-23(27)17-29-20-9-8-18-5-2-3-6-19(18)15-20/h2-10,15,22H,11-14,16-17H2,1H3,(H,24,27). The largest absolute Gasteiger partial charge is 0.484 e. The van der Waals surface area contributed by atoms with Gasteiger partial charge in [0.05, 0.1) is 19.3 Å². The van der Waals surface area contributed by atoms with Crippen molar-refractivity contribution in [2.45, 2.75) is 6.04 Å². The summed E-state index contributed by atoms with van der Waals surface area (Å²) in [6.07, 6.45) is 2.04. The molecule has 1 saturated heterocycles. The summed E-state index contributed by atoms with van der Waals surface area (Å²) in [5, 5.41) is 5.29. The summed E-state index contributed by atoms with van der Waals surface area (Å²) in [5.41, 5.74) is 1.18. The minimum absolute atomic E-state index is 0.00130. The maximum absolute atomic E-state index is 12.4. The van der Waals surface area contributed by atoms with Crippen molar-refractivity contribution in [3.63, 3.8) is 0 Å². The zero-order valence-corrected chi connectivity index (χ0v) is 16.7. The smallest absolute Gasteiger partial charge is 0.258 e. The van der Waals surface area contributed by atoms with E-state index in [0.29, 0.717) is 12.3 Å². The molecule has 1 unspecified atom stereocenters. The molecule has 0 spiro atoms. The SMILES string of the molecule is Cn1cccc1C(CNC(=O)COc1ccc2ccccc2c1)N1CCOCC1. The average Bonchev–Trinajstić information content (AvgIpc) is 3.18. The second-order valence-corrected chi connectivity index (χ2v) is 7.31. The van der Waals surface area contributed by atoms with E-state index in [1.807, 2.05) is 55.7 Å². The molecule has 0 radical (unpaired) electrons. The predicted molar refractivity (Wildman–Crippen MR) is 113 cm³/mol. The molecule has 1 aliphatic rings. The molecule has 29 heavy (non-hydrogen) atoms. The molecule has 0 aliphatic carbocycles. The number of amides is 1. The van der Waals surface area contributed by atoms with Crippen molar-refractivity contribution < 1.29 is 14.3 Å². The van der Waals surface area contributed by atoms with E-state index >= 15 is 0 Å². The van der Waals surface area contributed by atoms with E-state index in [-0.39, 0.29) is 18.6 Å². The van der Waals surface area contributed by atoms with Gasteiger partial charge in [0.25, 0.3) is 5.91 Å². The normalized spacial score (nSPS) is 15.9. The number of rotatable bonds is 7. The third kappa shape index (κ3) is 4.78. The summed E-state index contributed by atoms with van der Waals surface area (Å²) in [6, 6.07) is 18.2. The van der Waals surface area contributed by atoms with Gasteiger partial charge in [0.1, 0.15) is 5.75 Å². The van der Waals surface area contributed by atoms with Crippen LogP contribution in [0.3, 0.4) is 0 Å². The zero-order valence-electron chi connectivity index (χ0n) is 16.7. The van der Waals surface area contributed by atoms with Crippen LogP contribution < -0.4 is 10.1 Å². The minimum Gasteiger partial charge on any atom is -0.484 e. The molecule has 1 aliphatic heterocycles. The lowest BCUT2D eigenvalue weighted by molar-refractivity contribution is -0.123. The van der Waals surface area contributed by atoms with Crippen LogP contribution in [0.2, 0.25) is 0 Å². The molecule has 1 atom stereocenters. The molecule has 4 rings (SSSR count). The molecule has 3 aromatic rings. The second kappa shape index (κ2) is 9.11. The van der Waals surface area contributed by atoms with Crippen molar-refractivity contribution in [2.75, 3.05) is 39.5 Å². The summed E-state index contributed by atoms with van der Waals surface area (Å²) < 4.78 is 13.3. The molecule has 0 bridgehead atoms. The molecular weight excluding hydrogens is 366 g/mol. The highest BCUT2D eigenvalue weighted by atomic mass is 16.5. The van der Waals surface area contributed by atoms with Gasteiger partial charge in [-0.1, -0.05) is 30.3 Å². The van der Waals surface area contributed by atoms with Crippen LogP contribution in [-0.2, 0) is 16.6 Å². The number of nitrogens with zero attached hydrogens (tertiary/aromatic N) is 2. The van der Waals surface area contributed by atoms with Gasteiger partial charge in [-0.25, -0.2) is 0 Å². The lowest BCUT2D eigenvalue weighted by Crippen LogP contribution is -2.45. The van der Waals surface area contributed by atoms with Crippen LogP contribution in [0.25, 0.3) is 10.8 Å². The summed E-state index contributed by atoms with van der Waals surface area (Å²) in [4.78, 5) is 14.8. The van der Waals surface area contributed by atoms with Crippen LogP contribution in [0.1, 0.15) is 11.7 Å². The van der Waals surface area contributed by atoms with Crippen LogP contribution in [0, 0.1) is 0 Å². The fraction of sp³-hybridized carbons (Fsp3) is 0.348. The number of nitrogens with one attached hydrogen (secondary N) is 1. The maximum atomic E-state index is 12.4. The number of carbonyl (C=O) groups excluding carboxylic acids is 1. The van der Waals surface area contributed by atoms with Crippen LogP contribution in [0.5, 0.6) is 5.75 Å². The third-order valence-corrected chi connectivity index (χ3v) is 5.40. The van der Waals surface area contributed by atoms with Crippen molar-refractivity contribution in [2.24, 2.45) is 7.05 Å². The molecule has 0 saturated carbocycles. The highest BCUT2D eigenvalue weighted by Gasteiger charge is 2.24. The summed E-state index contributed by atoms with van der Waals surface area (Å²) in [5.74, 6) is 0.580. The Morgan fingerprint density at radius 2 is 1.90 bits per heavy atom. The molecular formula is C23H27N3O3. The number of carbonyl (C=O) groups is 1. The van der Waals surface area contributed by atoms with Crippen molar-refractivity contribution in [3.05, 3.63) is 66.5 Å². The van der Waals surface area contributed by atoms with Crippen molar-refractivity contribution in [1.82, 2.24) is 14.8 Å². The molecule has 1 amide bonds. The highest BCUT2D eigenvalue weighted by molar-refractivity contribution is 5.84. The Kier molecular flexibility index (Phi) is 6.12. The Balaban J connectivity index is 1.35. The number of aryl methyl sites for hydroxylation is 1. The topological polar surface area (TPSA) is 55.7 Å². The molecule has 2 heterocycles. The van der Waals surface area contributed by atoms with Crippen molar-refractivity contribution >= 4 is 16.7 Å². The monoisotopic (exact) mass is 393 g/mol. The van der Waals surface area contributed by atoms with E-state index in [0.717, 1.165) is 37.1 Å². The van der Waals surface area contributed by atoms with Crippen LogP contribution in [-0.4, -0.2) is 54.8 Å². The summed E-state index contributed by atoms with van der Waals surface area (Å²) in [7, 11) is 2.04. The molecule has 1 fully saturated rings. The lowest BCUT2D eigenvalue weighted by atomic mass is 10.1. The number of hydrogen-bond acceptors (Lipinski definition) is 4. The fourth-order valence-electron chi connectivity index (χ4n) is 3.80. The first-order valence-corrected chi connectivity index (χ1v) is 10.0. The Morgan fingerprint density at radius 3 is 2.66 bits per heavy atom. The van der Waals surface area contributed by atoms with E-state index in [1.54, 1.807) is 0 Å². The van der Waals surface area contributed by atoms with Crippen molar-refractivity contribution in [3.8, 4) is 5.75 Å². The molecule has 1 N–H and O–H groups in total.